The Morgan fingerprint density at radius 2 is 1.58 bits per heavy atom. The number of hydrogen-bond acceptors (Lipinski definition) is 3. The maximum atomic E-state index is 11.4. The first kappa shape index (κ1) is 10.6. The van der Waals surface area contributed by atoms with Gasteiger partial charge in [0, 0.05) is 0 Å². The van der Waals surface area contributed by atoms with Crippen LogP contribution in [-0.2, 0) is 14.4 Å². The Balaban J connectivity index is 4.21. The van der Waals surface area contributed by atoms with Crippen LogP contribution in [0.15, 0.2) is 0 Å². The second-order valence-electron chi connectivity index (χ2n) is 1.89. The topological polar surface area (TPSA) is 77.2 Å². The quantitative estimate of drug-likeness (QED) is 0.476. The van der Waals surface area contributed by atoms with Gasteiger partial charge in [-0.2, -0.15) is 13.2 Å². The fourth-order valence-corrected chi connectivity index (χ4v) is 0.333. The minimum Gasteiger partial charge on any atom is -0.363 e. The number of carbonyl (C=O) groups excluding carboxylic acids is 3. The lowest BCUT2D eigenvalue weighted by Gasteiger charge is -2.01. The second kappa shape index (κ2) is 3.33. The number of halogens is 3. The monoisotopic (exact) mass is 183 g/mol. The lowest BCUT2D eigenvalue weighted by Crippen LogP contribution is -2.31. The number of carbonyl (C=O) groups is 3. The van der Waals surface area contributed by atoms with Gasteiger partial charge >= 0.3 is 6.18 Å². The van der Waals surface area contributed by atoms with Crippen LogP contribution in [0.25, 0.3) is 0 Å². The van der Waals surface area contributed by atoms with Gasteiger partial charge in [-0.05, 0) is 0 Å². The van der Waals surface area contributed by atoms with Gasteiger partial charge in [0.1, 0.15) is 0 Å². The average Bonchev–Trinajstić information content (AvgIpc) is 1.85. The predicted octanol–water partition coefficient (Wildman–Crippen LogP) is -0.438. The molecule has 0 aliphatic carbocycles. The van der Waals surface area contributed by atoms with Gasteiger partial charge in [-0.15, -0.1) is 0 Å². The molecule has 0 rings (SSSR count). The summed E-state index contributed by atoms with van der Waals surface area (Å²) in [7, 11) is 0. The summed E-state index contributed by atoms with van der Waals surface area (Å²) in [5.41, 5.74) is 4.32. The van der Waals surface area contributed by atoms with Gasteiger partial charge in [0.05, 0.1) is 6.42 Å². The van der Waals surface area contributed by atoms with Crippen LogP contribution in [0.2, 0.25) is 0 Å². The molecule has 0 fully saturated rings. The maximum absolute atomic E-state index is 11.4. The fraction of sp³-hybridized carbons (Fsp3) is 0.400. The smallest absolute Gasteiger partial charge is 0.363 e. The summed E-state index contributed by atoms with van der Waals surface area (Å²) in [4.78, 5) is 30.1. The molecule has 0 spiro atoms. The Bertz CT molecular complexity index is 233. The van der Waals surface area contributed by atoms with Crippen LogP contribution in [0.1, 0.15) is 6.42 Å². The number of amides is 1. The number of Topliss-reactive ketones (excluding diaryl/α,β-unsaturated/α-hetero) is 2. The first-order valence-corrected chi connectivity index (χ1v) is 2.68. The Morgan fingerprint density at radius 3 is 1.83 bits per heavy atom. The number of ketones is 2. The van der Waals surface area contributed by atoms with Gasteiger partial charge in [-0.3, -0.25) is 14.4 Å². The Kier molecular flexibility index (Phi) is 2.94. The highest BCUT2D eigenvalue weighted by atomic mass is 19.4. The molecule has 7 heteroatoms. The van der Waals surface area contributed by atoms with E-state index in [0.717, 1.165) is 0 Å². The molecular formula is C5H4F3NO3. The molecule has 0 aliphatic heterocycles. The molecule has 0 atom stereocenters. The zero-order chi connectivity index (χ0) is 9.94. The molecule has 0 saturated heterocycles. The number of hydrogen-bond donors (Lipinski definition) is 1. The van der Waals surface area contributed by atoms with Crippen molar-refractivity contribution in [3.8, 4) is 0 Å². The van der Waals surface area contributed by atoms with Crippen LogP contribution in [0.4, 0.5) is 13.2 Å². The van der Waals surface area contributed by atoms with E-state index < -0.39 is 30.1 Å². The second-order valence-corrected chi connectivity index (χ2v) is 1.89. The van der Waals surface area contributed by atoms with Gasteiger partial charge in [-0.1, -0.05) is 0 Å². The van der Waals surface area contributed by atoms with Gasteiger partial charge < -0.3 is 5.73 Å². The third-order valence-electron chi connectivity index (χ3n) is 0.912. The number of primary amides is 1. The summed E-state index contributed by atoms with van der Waals surface area (Å²) in [5.74, 6) is -5.36. The van der Waals surface area contributed by atoms with Crippen LogP contribution in [0.3, 0.4) is 0 Å². The van der Waals surface area contributed by atoms with Crippen molar-refractivity contribution in [2.45, 2.75) is 12.6 Å². The molecule has 0 aromatic heterocycles. The van der Waals surface area contributed by atoms with Crippen molar-refractivity contribution in [1.82, 2.24) is 0 Å². The molecule has 0 bridgehead atoms. The van der Waals surface area contributed by atoms with Crippen molar-refractivity contribution < 1.29 is 27.6 Å². The van der Waals surface area contributed by atoms with Gasteiger partial charge in [-0.25, -0.2) is 0 Å². The molecule has 4 nitrogen and oxygen atoms in total. The highest BCUT2D eigenvalue weighted by molar-refractivity contribution is 6.39. The lowest BCUT2D eigenvalue weighted by atomic mass is 10.2. The highest BCUT2D eigenvalue weighted by Crippen LogP contribution is 2.17. The van der Waals surface area contributed by atoms with Crippen molar-refractivity contribution in [2.24, 2.45) is 5.73 Å². The standard InChI is InChI=1S/C5H4F3NO3/c6-5(7,8)3(11)1-2(10)4(9)12/h1H2,(H2,9,12). The third-order valence-corrected chi connectivity index (χ3v) is 0.912. The van der Waals surface area contributed by atoms with Crippen molar-refractivity contribution >= 4 is 17.5 Å². The maximum Gasteiger partial charge on any atom is 0.450 e. The van der Waals surface area contributed by atoms with E-state index in [4.69, 9.17) is 0 Å². The summed E-state index contributed by atoms with van der Waals surface area (Å²) in [5, 5.41) is 0. The molecule has 0 heterocycles. The van der Waals surface area contributed by atoms with Crippen LogP contribution in [0.5, 0.6) is 0 Å². The molecular weight excluding hydrogens is 179 g/mol. The summed E-state index contributed by atoms with van der Waals surface area (Å²) in [6.45, 7) is 0. The van der Waals surface area contributed by atoms with E-state index in [0.29, 0.717) is 0 Å². The minimum atomic E-state index is -5.09. The summed E-state index contributed by atoms with van der Waals surface area (Å²) >= 11 is 0. The average molecular weight is 183 g/mol. The molecule has 0 unspecified atom stereocenters. The van der Waals surface area contributed by atoms with E-state index in [-0.39, 0.29) is 0 Å². The van der Waals surface area contributed by atoms with E-state index in [1.165, 1.54) is 0 Å². The Morgan fingerprint density at radius 1 is 1.17 bits per heavy atom. The molecule has 0 aromatic carbocycles. The molecule has 1 amide bonds. The first-order valence-electron chi connectivity index (χ1n) is 2.68. The first-order chi connectivity index (χ1) is 5.25. The molecule has 12 heavy (non-hydrogen) atoms. The molecule has 68 valence electrons. The Hall–Kier alpha value is -1.40. The van der Waals surface area contributed by atoms with Crippen LogP contribution in [-0.4, -0.2) is 23.6 Å². The Labute approximate surface area is 64.5 Å². The van der Waals surface area contributed by atoms with Crippen molar-refractivity contribution in [3.63, 3.8) is 0 Å². The van der Waals surface area contributed by atoms with Crippen molar-refractivity contribution in [3.05, 3.63) is 0 Å². The molecule has 0 radical (unpaired) electrons. The zero-order valence-corrected chi connectivity index (χ0v) is 5.64. The van der Waals surface area contributed by atoms with Gasteiger partial charge in [0.15, 0.2) is 0 Å². The van der Waals surface area contributed by atoms with Gasteiger partial charge in [0.25, 0.3) is 5.91 Å². The summed E-state index contributed by atoms with van der Waals surface area (Å²) in [6, 6.07) is 0. The van der Waals surface area contributed by atoms with Gasteiger partial charge in [0.2, 0.25) is 11.6 Å². The van der Waals surface area contributed by atoms with Crippen LogP contribution >= 0.6 is 0 Å². The van der Waals surface area contributed by atoms with E-state index in [1.807, 2.05) is 0 Å². The lowest BCUT2D eigenvalue weighted by molar-refractivity contribution is -0.172. The number of alkyl halides is 3. The van der Waals surface area contributed by atoms with Crippen LogP contribution < -0.4 is 5.73 Å². The normalized spacial score (nSPS) is 10.9. The molecule has 0 aliphatic rings. The SMILES string of the molecule is NC(=O)C(=O)CC(=O)C(F)(F)F. The van der Waals surface area contributed by atoms with E-state index in [9.17, 15) is 27.6 Å². The van der Waals surface area contributed by atoms with E-state index in [1.54, 1.807) is 0 Å². The summed E-state index contributed by atoms with van der Waals surface area (Å²) in [6.07, 6.45) is -6.61. The number of rotatable bonds is 3. The van der Waals surface area contributed by atoms with Crippen molar-refractivity contribution in [1.29, 1.82) is 0 Å². The highest BCUT2D eigenvalue weighted by Gasteiger charge is 2.39. The fourth-order valence-electron chi connectivity index (χ4n) is 0.333. The largest absolute Gasteiger partial charge is 0.450 e. The molecule has 2 N–H and O–H groups in total. The number of nitrogens with two attached hydrogens (primary N) is 1. The van der Waals surface area contributed by atoms with Crippen molar-refractivity contribution in [2.75, 3.05) is 0 Å². The predicted molar refractivity (Wildman–Crippen MR) is 29.9 cm³/mol. The zero-order valence-electron chi connectivity index (χ0n) is 5.64. The van der Waals surface area contributed by atoms with E-state index in [2.05, 4.69) is 5.73 Å². The molecule has 0 aromatic rings. The molecule has 0 saturated carbocycles. The summed E-state index contributed by atoms with van der Waals surface area (Å²) < 4.78 is 34.3. The minimum absolute atomic E-state index is 1.52. The van der Waals surface area contributed by atoms with Crippen LogP contribution in [0, 0.1) is 0 Å². The third kappa shape index (κ3) is 3.13. The van der Waals surface area contributed by atoms with E-state index >= 15 is 0 Å².